The molecule has 3 heterocycles. The van der Waals surface area contributed by atoms with E-state index in [2.05, 4.69) is 24.9 Å². The molecule has 0 radical (unpaired) electrons. The first-order chi connectivity index (χ1) is 15.8. The minimum atomic E-state index is -4.67. The number of alkyl halides is 3. The number of halogens is 4. The molecule has 0 fully saturated rings. The maximum absolute atomic E-state index is 13.6. The second kappa shape index (κ2) is 8.16. The van der Waals surface area contributed by atoms with Gasteiger partial charge in [0.1, 0.15) is 17.7 Å². The number of fused-ring (bicyclic) bond motifs is 2. The molecule has 12 heteroatoms. The number of para-hydroxylation sites is 2. The fourth-order valence-electron chi connectivity index (χ4n) is 3.40. The molecule has 5 aromatic rings. The zero-order valence-corrected chi connectivity index (χ0v) is 18.0. The monoisotopic (exact) mass is 488 g/mol. The number of aromatic nitrogens is 6. The third kappa shape index (κ3) is 3.93. The SMILES string of the molecule is O=c1c2cccc(C(F)(F)F)c2nc(CSc2nc3ncncc3[nH]2)n1-c1ccccc1Cl. The van der Waals surface area contributed by atoms with E-state index in [1.807, 2.05) is 0 Å². The maximum atomic E-state index is 13.6. The van der Waals surface area contributed by atoms with Crippen molar-refractivity contribution in [2.24, 2.45) is 0 Å². The van der Waals surface area contributed by atoms with Crippen molar-refractivity contribution in [1.29, 1.82) is 0 Å². The van der Waals surface area contributed by atoms with Gasteiger partial charge in [-0.3, -0.25) is 9.36 Å². The number of imidazole rings is 1. The Kier molecular flexibility index (Phi) is 5.29. The molecule has 0 aliphatic rings. The first-order valence-corrected chi connectivity index (χ1v) is 10.8. The lowest BCUT2D eigenvalue weighted by Gasteiger charge is -2.16. The summed E-state index contributed by atoms with van der Waals surface area (Å²) >= 11 is 7.48. The van der Waals surface area contributed by atoms with Gasteiger partial charge in [-0.2, -0.15) is 13.2 Å². The lowest BCUT2D eigenvalue weighted by Crippen LogP contribution is -2.25. The van der Waals surface area contributed by atoms with E-state index < -0.39 is 22.8 Å². The number of H-pyrrole nitrogens is 1. The van der Waals surface area contributed by atoms with Gasteiger partial charge in [0.15, 0.2) is 10.8 Å². The Morgan fingerprint density at radius 2 is 1.91 bits per heavy atom. The molecule has 0 saturated heterocycles. The standard InChI is InChI=1S/C21H12ClF3N6OS/c22-13-6-1-2-7-15(13)31-16(9-33-20-28-14-8-26-10-27-18(14)30-20)29-17-11(19(31)32)4-3-5-12(17)21(23,24)25/h1-8,10H,9H2,(H,26,27,28,30). The van der Waals surface area contributed by atoms with Crippen molar-refractivity contribution in [2.75, 3.05) is 0 Å². The van der Waals surface area contributed by atoms with E-state index in [-0.39, 0.29) is 22.0 Å². The second-order valence-electron chi connectivity index (χ2n) is 6.91. The quantitative estimate of drug-likeness (QED) is 0.357. The van der Waals surface area contributed by atoms with E-state index in [1.165, 1.54) is 23.0 Å². The van der Waals surface area contributed by atoms with Gasteiger partial charge in [-0.15, -0.1) is 0 Å². The first-order valence-electron chi connectivity index (χ1n) is 9.48. The number of rotatable bonds is 4. The lowest BCUT2D eigenvalue weighted by atomic mass is 10.1. The van der Waals surface area contributed by atoms with Crippen LogP contribution in [0.4, 0.5) is 13.2 Å². The topological polar surface area (TPSA) is 89.3 Å². The average Bonchev–Trinajstić information content (AvgIpc) is 3.21. The van der Waals surface area contributed by atoms with Crippen LogP contribution in [0.1, 0.15) is 11.4 Å². The Balaban J connectivity index is 1.69. The van der Waals surface area contributed by atoms with Gasteiger partial charge >= 0.3 is 6.18 Å². The molecule has 33 heavy (non-hydrogen) atoms. The first kappa shape index (κ1) is 21.4. The van der Waals surface area contributed by atoms with Crippen LogP contribution < -0.4 is 5.56 Å². The molecule has 1 N–H and O–H groups in total. The summed E-state index contributed by atoms with van der Waals surface area (Å²) in [4.78, 5) is 33.0. The fourth-order valence-corrected chi connectivity index (χ4v) is 4.41. The third-order valence-electron chi connectivity index (χ3n) is 4.85. The molecule has 3 aromatic heterocycles. The molecular formula is C21H12ClF3N6OS. The van der Waals surface area contributed by atoms with Crippen molar-refractivity contribution in [2.45, 2.75) is 17.1 Å². The molecule has 0 unspecified atom stereocenters. The summed E-state index contributed by atoms with van der Waals surface area (Å²) in [5, 5.41) is 0.560. The van der Waals surface area contributed by atoms with Crippen LogP contribution in [0, 0.1) is 0 Å². The van der Waals surface area contributed by atoms with E-state index >= 15 is 0 Å². The summed E-state index contributed by atoms with van der Waals surface area (Å²) in [5.74, 6) is 0.129. The highest BCUT2D eigenvalue weighted by molar-refractivity contribution is 7.98. The van der Waals surface area contributed by atoms with E-state index in [4.69, 9.17) is 11.6 Å². The summed E-state index contributed by atoms with van der Waals surface area (Å²) in [6, 6.07) is 9.99. The normalized spacial score (nSPS) is 12.0. The summed E-state index contributed by atoms with van der Waals surface area (Å²) in [5.41, 5.74) is -0.665. The minimum Gasteiger partial charge on any atom is -0.330 e. The largest absolute Gasteiger partial charge is 0.418 e. The zero-order chi connectivity index (χ0) is 23.2. The summed E-state index contributed by atoms with van der Waals surface area (Å²) in [6.45, 7) is 0. The highest BCUT2D eigenvalue weighted by Crippen LogP contribution is 2.34. The molecule has 0 aliphatic heterocycles. The van der Waals surface area contributed by atoms with Gasteiger partial charge in [0.25, 0.3) is 5.56 Å². The molecule has 0 saturated carbocycles. The van der Waals surface area contributed by atoms with Crippen LogP contribution in [0.25, 0.3) is 27.8 Å². The number of nitrogens with one attached hydrogen (secondary N) is 1. The van der Waals surface area contributed by atoms with Gasteiger partial charge in [-0.1, -0.05) is 41.6 Å². The maximum Gasteiger partial charge on any atom is 0.418 e. The number of hydrogen-bond donors (Lipinski definition) is 1. The van der Waals surface area contributed by atoms with E-state index in [0.29, 0.717) is 22.0 Å². The van der Waals surface area contributed by atoms with Crippen LogP contribution in [0.3, 0.4) is 0 Å². The lowest BCUT2D eigenvalue weighted by molar-refractivity contribution is -0.136. The number of thioether (sulfide) groups is 1. The molecule has 2 aromatic carbocycles. The van der Waals surface area contributed by atoms with Gasteiger partial charge < -0.3 is 4.98 Å². The van der Waals surface area contributed by atoms with Crippen molar-refractivity contribution in [1.82, 2.24) is 29.5 Å². The van der Waals surface area contributed by atoms with E-state index in [0.717, 1.165) is 17.8 Å². The van der Waals surface area contributed by atoms with E-state index in [1.54, 1.807) is 30.5 Å². The van der Waals surface area contributed by atoms with Crippen molar-refractivity contribution in [3.8, 4) is 5.69 Å². The fraction of sp³-hybridized carbons (Fsp3) is 0.0952. The minimum absolute atomic E-state index is 0.0375. The van der Waals surface area contributed by atoms with Gasteiger partial charge in [-0.05, 0) is 24.3 Å². The van der Waals surface area contributed by atoms with Crippen LogP contribution in [-0.4, -0.2) is 29.5 Å². The van der Waals surface area contributed by atoms with Crippen LogP contribution >= 0.6 is 23.4 Å². The predicted octanol–water partition coefficient (Wildman–Crippen LogP) is 5.02. The Morgan fingerprint density at radius 1 is 1.09 bits per heavy atom. The second-order valence-corrected chi connectivity index (χ2v) is 8.28. The van der Waals surface area contributed by atoms with Crippen LogP contribution in [0.5, 0.6) is 0 Å². The Bertz CT molecular complexity index is 1530. The van der Waals surface area contributed by atoms with Gasteiger partial charge in [0, 0.05) is 0 Å². The average molecular weight is 489 g/mol. The molecule has 0 amide bonds. The van der Waals surface area contributed by atoms with Crippen LogP contribution in [0.2, 0.25) is 5.02 Å². The summed E-state index contributed by atoms with van der Waals surface area (Å²) in [6.07, 6.45) is -1.75. The molecule has 5 rings (SSSR count). The Hall–Kier alpha value is -3.44. The van der Waals surface area contributed by atoms with Crippen molar-refractivity contribution in [3.63, 3.8) is 0 Å². The molecule has 0 spiro atoms. The zero-order valence-electron chi connectivity index (χ0n) is 16.5. The molecule has 166 valence electrons. The van der Waals surface area contributed by atoms with Crippen molar-refractivity contribution in [3.05, 3.63) is 81.8 Å². The molecular weight excluding hydrogens is 477 g/mol. The Labute approximate surface area is 192 Å². The highest BCUT2D eigenvalue weighted by atomic mass is 35.5. The Morgan fingerprint density at radius 3 is 2.67 bits per heavy atom. The van der Waals surface area contributed by atoms with Crippen molar-refractivity contribution >= 4 is 45.4 Å². The molecule has 0 atom stereocenters. The predicted molar refractivity (Wildman–Crippen MR) is 119 cm³/mol. The number of benzene rings is 2. The van der Waals surface area contributed by atoms with Gasteiger partial charge in [-0.25, -0.2) is 19.9 Å². The molecule has 7 nitrogen and oxygen atoms in total. The van der Waals surface area contributed by atoms with Gasteiger partial charge in [0.05, 0.1) is 39.1 Å². The summed E-state index contributed by atoms with van der Waals surface area (Å²) in [7, 11) is 0. The number of aromatic amines is 1. The number of nitrogens with zero attached hydrogens (tertiary/aromatic N) is 5. The van der Waals surface area contributed by atoms with Crippen molar-refractivity contribution < 1.29 is 13.2 Å². The summed E-state index contributed by atoms with van der Waals surface area (Å²) < 4.78 is 42.1. The molecule has 0 aliphatic carbocycles. The smallest absolute Gasteiger partial charge is 0.330 e. The van der Waals surface area contributed by atoms with Crippen LogP contribution in [-0.2, 0) is 11.9 Å². The van der Waals surface area contributed by atoms with E-state index in [9.17, 15) is 18.0 Å². The van der Waals surface area contributed by atoms with Crippen LogP contribution in [0.15, 0.2) is 64.9 Å². The molecule has 0 bridgehead atoms. The third-order valence-corrected chi connectivity index (χ3v) is 6.03. The number of hydrogen-bond acceptors (Lipinski definition) is 6. The van der Waals surface area contributed by atoms with Gasteiger partial charge in [0.2, 0.25) is 0 Å². The highest BCUT2D eigenvalue weighted by Gasteiger charge is 2.34.